The second kappa shape index (κ2) is 5.83. The van der Waals surface area contributed by atoms with Gasteiger partial charge in [-0.15, -0.1) is 5.10 Å². The highest BCUT2D eigenvalue weighted by molar-refractivity contribution is 7.92. The van der Waals surface area contributed by atoms with Gasteiger partial charge in [0.15, 0.2) is 15.7 Å². The minimum atomic E-state index is -3.07. The van der Waals surface area contributed by atoms with E-state index in [1.807, 2.05) is 26.8 Å². The molecule has 0 saturated carbocycles. The fraction of sp³-hybridized carbons (Fsp3) is 0.643. The summed E-state index contributed by atoms with van der Waals surface area (Å²) in [7, 11) is -3.07. The monoisotopic (exact) mass is 326 g/mol. The summed E-state index contributed by atoms with van der Waals surface area (Å²) < 4.78 is 23.3. The number of carbonyl (C=O) groups excluding carboxylic acids is 1. The molecule has 2 heterocycles. The third-order valence-electron chi connectivity index (χ3n) is 3.69. The minimum absolute atomic E-state index is 0.00374. The predicted octanol–water partition coefficient (Wildman–Crippen LogP) is 1.42. The topological polar surface area (TPSA) is 92.3 Å². The first-order valence-corrected chi connectivity index (χ1v) is 8.93. The van der Waals surface area contributed by atoms with Crippen molar-refractivity contribution in [1.29, 1.82) is 0 Å². The van der Waals surface area contributed by atoms with E-state index < -0.39 is 15.1 Å². The number of amides is 2. The lowest BCUT2D eigenvalue weighted by molar-refractivity contribution is 0.212. The van der Waals surface area contributed by atoms with Crippen LogP contribution in [0.15, 0.2) is 12.1 Å². The normalized spacial score (nSPS) is 21.5. The van der Waals surface area contributed by atoms with Crippen LogP contribution in [0.3, 0.4) is 0 Å². The van der Waals surface area contributed by atoms with E-state index in [9.17, 15) is 13.2 Å². The van der Waals surface area contributed by atoms with E-state index in [0.717, 1.165) is 5.69 Å². The molecule has 1 atom stereocenters. The average Bonchev–Trinajstić information content (AvgIpc) is 2.41. The zero-order chi connectivity index (χ0) is 16.5. The Bertz CT molecular complexity index is 650. The molecule has 1 saturated heterocycles. The van der Waals surface area contributed by atoms with Crippen LogP contribution in [0, 0.1) is 0 Å². The Kier molecular flexibility index (Phi) is 4.42. The van der Waals surface area contributed by atoms with Gasteiger partial charge in [0.25, 0.3) is 0 Å². The number of sulfone groups is 1. The second-order valence-corrected chi connectivity index (χ2v) is 9.15. The number of hydrogen-bond acceptors (Lipinski definition) is 5. The number of nitrogens with zero attached hydrogens (tertiary/aromatic N) is 3. The molecule has 0 aromatic carbocycles. The quantitative estimate of drug-likeness (QED) is 0.842. The van der Waals surface area contributed by atoms with Gasteiger partial charge in [0.1, 0.15) is 0 Å². The first kappa shape index (κ1) is 16.7. The summed E-state index contributed by atoms with van der Waals surface area (Å²) in [5, 5.41) is 10.2. The van der Waals surface area contributed by atoms with Crippen molar-refractivity contribution in [1.82, 2.24) is 15.1 Å². The summed E-state index contributed by atoms with van der Waals surface area (Å²) in [6.07, 6.45) is 0. The SMILES string of the molecule is C[C@@H]1CN(C(=O)Nc2ccc(C(C)(C)C)nn2)CCS1(=O)=O. The Morgan fingerprint density at radius 2 is 2.00 bits per heavy atom. The number of nitrogens with one attached hydrogen (secondary N) is 1. The Labute approximate surface area is 131 Å². The van der Waals surface area contributed by atoms with E-state index in [-0.39, 0.29) is 30.3 Å². The Hall–Kier alpha value is -1.70. The molecule has 0 unspecified atom stereocenters. The van der Waals surface area contributed by atoms with Crippen LogP contribution in [-0.4, -0.2) is 53.6 Å². The molecule has 1 aromatic heterocycles. The number of aromatic nitrogens is 2. The first-order valence-electron chi connectivity index (χ1n) is 7.21. The molecule has 7 nitrogen and oxygen atoms in total. The Morgan fingerprint density at radius 1 is 1.32 bits per heavy atom. The maximum atomic E-state index is 12.2. The molecule has 0 aliphatic carbocycles. The van der Waals surface area contributed by atoms with E-state index in [2.05, 4.69) is 15.5 Å². The molecule has 0 bridgehead atoms. The molecule has 0 radical (unpaired) electrons. The average molecular weight is 326 g/mol. The van der Waals surface area contributed by atoms with Crippen LogP contribution in [0.25, 0.3) is 0 Å². The lowest BCUT2D eigenvalue weighted by Gasteiger charge is -2.30. The molecule has 2 rings (SSSR count). The summed E-state index contributed by atoms with van der Waals surface area (Å²) in [4.78, 5) is 13.6. The Balaban J connectivity index is 2.01. The Morgan fingerprint density at radius 3 is 2.50 bits per heavy atom. The van der Waals surface area contributed by atoms with Crippen LogP contribution >= 0.6 is 0 Å². The van der Waals surface area contributed by atoms with Crippen LogP contribution in [0.2, 0.25) is 0 Å². The van der Waals surface area contributed by atoms with Crippen molar-refractivity contribution in [2.75, 3.05) is 24.2 Å². The molecule has 1 aliphatic heterocycles. The van der Waals surface area contributed by atoms with Gasteiger partial charge in [-0.1, -0.05) is 20.8 Å². The van der Waals surface area contributed by atoms with E-state index >= 15 is 0 Å². The van der Waals surface area contributed by atoms with Crippen molar-refractivity contribution in [3.8, 4) is 0 Å². The molecule has 1 N–H and O–H groups in total. The van der Waals surface area contributed by atoms with Crippen LogP contribution in [0.1, 0.15) is 33.4 Å². The van der Waals surface area contributed by atoms with E-state index in [1.54, 1.807) is 13.0 Å². The van der Waals surface area contributed by atoms with Gasteiger partial charge in [0.05, 0.1) is 16.7 Å². The van der Waals surface area contributed by atoms with Gasteiger partial charge in [-0.3, -0.25) is 5.32 Å². The first-order chi connectivity index (χ1) is 10.1. The molecule has 122 valence electrons. The largest absolute Gasteiger partial charge is 0.323 e. The van der Waals surface area contributed by atoms with Crippen molar-refractivity contribution < 1.29 is 13.2 Å². The van der Waals surface area contributed by atoms with Gasteiger partial charge >= 0.3 is 6.03 Å². The number of rotatable bonds is 1. The third kappa shape index (κ3) is 3.73. The number of carbonyl (C=O) groups is 1. The summed E-state index contributed by atoms with van der Waals surface area (Å²) >= 11 is 0. The number of hydrogen-bond donors (Lipinski definition) is 1. The highest BCUT2D eigenvalue weighted by Gasteiger charge is 2.31. The molecule has 1 fully saturated rings. The van der Waals surface area contributed by atoms with Crippen molar-refractivity contribution in [2.24, 2.45) is 0 Å². The maximum Gasteiger partial charge on any atom is 0.323 e. The fourth-order valence-corrected chi connectivity index (χ4v) is 3.41. The van der Waals surface area contributed by atoms with E-state index in [0.29, 0.717) is 5.82 Å². The summed E-state index contributed by atoms with van der Waals surface area (Å²) in [5.41, 5.74) is 0.731. The third-order valence-corrected chi connectivity index (χ3v) is 5.82. The highest BCUT2D eigenvalue weighted by Crippen LogP contribution is 2.20. The highest BCUT2D eigenvalue weighted by atomic mass is 32.2. The summed E-state index contributed by atoms with van der Waals surface area (Å²) in [5.74, 6) is 0.357. The van der Waals surface area contributed by atoms with Crippen molar-refractivity contribution in [3.05, 3.63) is 17.8 Å². The van der Waals surface area contributed by atoms with Gasteiger partial charge in [0, 0.05) is 18.5 Å². The molecular weight excluding hydrogens is 304 g/mol. The maximum absolute atomic E-state index is 12.2. The molecule has 8 heteroatoms. The van der Waals surface area contributed by atoms with Gasteiger partial charge in [-0.25, -0.2) is 13.2 Å². The molecule has 1 aliphatic rings. The zero-order valence-electron chi connectivity index (χ0n) is 13.3. The smallest absolute Gasteiger partial charge is 0.322 e. The van der Waals surface area contributed by atoms with Gasteiger partial charge < -0.3 is 4.90 Å². The van der Waals surface area contributed by atoms with Crippen molar-refractivity contribution in [2.45, 2.75) is 38.4 Å². The number of anilines is 1. The second-order valence-electron chi connectivity index (χ2n) is 6.61. The zero-order valence-corrected chi connectivity index (χ0v) is 14.1. The minimum Gasteiger partial charge on any atom is -0.322 e. The van der Waals surface area contributed by atoms with Gasteiger partial charge in [-0.05, 0) is 19.1 Å². The fourth-order valence-electron chi connectivity index (χ4n) is 2.13. The standard InChI is InChI=1S/C14H22N4O3S/c1-10-9-18(7-8-22(10,20)21)13(19)15-12-6-5-11(16-17-12)14(2,3)4/h5-6,10H,7-9H2,1-4H3,(H,15,17,19)/t10-/m1/s1. The van der Waals surface area contributed by atoms with Crippen molar-refractivity contribution in [3.63, 3.8) is 0 Å². The molecule has 0 spiro atoms. The molecule has 22 heavy (non-hydrogen) atoms. The van der Waals surface area contributed by atoms with Crippen LogP contribution in [0.5, 0.6) is 0 Å². The lowest BCUT2D eigenvalue weighted by Crippen LogP contribution is -2.49. The van der Waals surface area contributed by atoms with Crippen LogP contribution in [0.4, 0.5) is 10.6 Å². The van der Waals surface area contributed by atoms with Crippen LogP contribution in [-0.2, 0) is 15.3 Å². The number of urea groups is 1. The molecular formula is C14H22N4O3S. The lowest BCUT2D eigenvalue weighted by atomic mass is 9.92. The summed E-state index contributed by atoms with van der Waals surface area (Å²) in [6, 6.07) is 3.18. The van der Waals surface area contributed by atoms with E-state index in [1.165, 1.54) is 4.90 Å². The van der Waals surface area contributed by atoms with Gasteiger partial charge in [-0.2, -0.15) is 5.10 Å². The van der Waals surface area contributed by atoms with Gasteiger partial charge in [0.2, 0.25) is 0 Å². The van der Waals surface area contributed by atoms with Crippen LogP contribution < -0.4 is 5.32 Å². The molecule has 1 aromatic rings. The van der Waals surface area contributed by atoms with Crippen molar-refractivity contribution >= 4 is 21.7 Å². The van der Waals surface area contributed by atoms with E-state index in [4.69, 9.17) is 0 Å². The molecule has 2 amide bonds. The summed E-state index contributed by atoms with van der Waals surface area (Å²) in [6.45, 7) is 8.11. The predicted molar refractivity (Wildman–Crippen MR) is 84.6 cm³/mol.